The molecule has 8 nitrogen and oxygen atoms in total. The van der Waals surface area contributed by atoms with Crippen molar-refractivity contribution in [1.82, 2.24) is 9.91 Å². The van der Waals surface area contributed by atoms with Crippen LogP contribution in [0.4, 0.5) is 0 Å². The second-order valence-electron chi connectivity index (χ2n) is 10.9. The van der Waals surface area contributed by atoms with Crippen molar-refractivity contribution in [1.29, 1.82) is 0 Å². The van der Waals surface area contributed by atoms with Gasteiger partial charge in [0.1, 0.15) is 12.1 Å². The molecule has 3 aromatic carbocycles. The molecular formula is C35H41N3O5. The molecule has 226 valence electrons. The number of hydrogen-bond acceptors (Lipinski definition) is 7. The van der Waals surface area contributed by atoms with Gasteiger partial charge in [0.25, 0.3) is 5.91 Å². The molecule has 0 saturated carbocycles. The Kier molecular flexibility index (Phi) is 11.1. The van der Waals surface area contributed by atoms with Gasteiger partial charge in [0.05, 0.1) is 13.2 Å². The van der Waals surface area contributed by atoms with Crippen LogP contribution >= 0.6 is 0 Å². The fourth-order valence-corrected chi connectivity index (χ4v) is 5.38. The fourth-order valence-electron chi connectivity index (χ4n) is 5.38. The third-order valence-electron chi connectivity index (χ3n) is 7.31. The monoisotopic (exact) mass is 583 g/mol. The van der Waals surface area contributed by atoms with E-state index in [0.717, 1.165) is 16.7 Å². The van der Waals surface area contributed by atoms with E-state index in [1.165, 1.54) is 5.01 Å². The van der Waals surface area contributed by atoms with E-state index in [1.54, 1.807) is 13.8 Å². The van der Waals surface area contributed by atoms with Gasteiger partial charge in [-0.25, -0.2) is 14.6 Å². The number of hydrazone groups is 1. The number of benzene rings is 3. The van der Waals surface area contributed by atoms with Crippen LogP contribution in [0.5, 0.6) is 0 Å². The average Bonchev–Trinajstić information content (AvgIpc) is 3.01. The van der Waals surface area contributed by atoms with Gasteiger partial charge in [-0.1, -0.05) is 105 Å². The van der Waals surface area contributed by atoms with E-state index in [-0.39, 0.29) is 31.5 Å². The van der Waals surface area contributed by atoms with E-state index < -0.39 is 30.1 Å². The van der Waals surface area contributed by atoms with Crippen LogP contribution in [-0.4, -0.2) is 64.9 Å². The second-order valence-corrected chi connectivity index (χ2v) is 10.9. The van der Waals surface area contributed by atoms with Crippen molar-refractivity contribution < 1.29 is 23.9 Å². The van der Waals surface area contributed by atoms with E-state index in [4.69, 9.17) is 14.6 Å². The quantitative estimate of drug-likeness (QED) is 0.255. The minimum Gasteiger partial charge on any atom is -0.464 e. The Bertz CT molecular complexity index is 1380. The molecule has 0 spiro atoms. The third kappa shape index (κ3) is 7.89. The summed E-state index contributed by atoms with van der Waals surface area (Å²) in [6.07, 6.45) is 0.988. The van der Waals surface area contributed by atoms with Crippen molar-refractivity contribution in [2.24, 2.45) is 11.0 Å². The molecule has 1 aliphatic rings. The molecule has 0 N–H and O–H groups in total. The van der Waals surface area contributed by atoms with Gasteiger partial charge in [-0.05, 0) is 37.3 Å². The van der Waals surface area contributed by atoms with Crippen molar-refractivity contribution in [2.75, 3.05) is 13.2 Å². The lowest BCUT2D eigenvalue weighted by Gasteiger charge is -2.45. The third-order valence-corrected chi connectivity index (χ3v) is 7.31. The molecule has 3 aromatic rings. The molecule has 3 atom stereocenters. The molecule has 0 saturated heterocycles. The highest BCUT2D eigenvalue weighted by Gasteiger charge is 2.47. The summed E-state index contributed by atoms with van der Waals surface area (Å²) in [5.41, 5.74) is 2.53. The van der Waals surface area contributed by atoms with Crippen LogP contribution in [0.15, 0.2) is 96.1 Å². The Balaban J connectivity index is 1.91. The van der Waals surface area contributed by atoms with Crippen LogP contribution in [0.1, 0.15) is 50.8 Å². The predicted molar refractivity (Wildman–Crippen MR) is 166 cm³/mol. The maximum absolute atomic E-state index is 14.5. The van der Waals surface area contributed by atoms with Crippen LogP contribution in [0.3, 0.4) is 0 Å². The van der Waals surface area contributed by atoms with Crippen molar-refractivity contribution in [2.45, 2.75) is 65.1 Å². The average molecular weight is 584 g/mol. The molecule has 1 heterocycles. The molecule has 1 aliphatic heterocycles. The lowest BCUT2D eigenvalue weighted by Crippen LogP contribution is -2.63. The zero-order chi connectivity index (χ0) is 30.8. The maximum Gasteiger partial charge on any atom is 0.331 e. The Morgan fingerprint density at radius 3 is 1.70 bits per heavy atom. The number of esters is 2. The largest absolute Gasteiger partial charge is 0.464 e. The van der Waals surface area contributed by atoms with Gasteiger partial charge in [0.15, 0.2) is 11.9 Å². The van der Waals surface area contributed by atoms with E-state index in [9.17, 15) is 14.4 Å². The fraction of sp³-hybridized carbons (Fsp3) is 0.371. The number of ether oxygens (including phenoxy) is 2. The number of rotatable bonds is 13. The first-order valence-corrected chi connectivity index (χ1v) is 15.0. The Hall–Kier alpha value is -4.46. The lowest BCUT2D eigenvalue weighted by atomic mass is 9.94. The Morgan fingerprint density at radius 2 is 1.21 bits per heavy atom. The second kappa shape index (κ2) is 15.1. The van der Waals surface area contributed by atoms with E-state index in [0.29, 0.717) is 18.7 Å². The lowest BCUT2D eigenvalue weighted by molar-refractivity contribution is -0.160. The van der Waals surface area contributed by atoms with Crippen LogP contribution in [0, 0.1) is 5.92 Å². The van der Waals surface area contributed by atoms with Crippen molar-refractivity contribution >= 4 is 23.7 Å². The molecule has 2 unspecified atom stereocenters. The van der Waals surface area contributed by atoms with E-state index >= 15 is 0 Å². The summed E-state index contributed by atoms with van der Waals surface area (Å²) in [6.45, 7) is 7.95. The molecule has 8 heteroatoms. The Morgan fingerprint density at radius 1 is 0.744 bits per heavy atom. The van der Waals surface area contributed by atoms with Gasteiger partial charge in [0.2, 0.25) is 0 Å². The smallest absolute Gasteiger partial charge is 0.331 e. The number of hydrogen-bond donors (Lipinski definition) is 0. The number of amides is 1. The molecule has 0 aliphatic carbocycles. The normalized spacial score (nSPS) is 16.4. The van der Waals surface area contributed by atoms with Gasteiger partial charge in [-0.15, -0.1) is 0 Å². The molecule has 43 heavy (non-hydrogen) atoms. The summed E-state index contributed by atoms with van der Waals surface area (Å²) in [6, 6.07) is 26.1. The highest BCUT2D eigenvalue weighted by Crippen LogP contribution is 2.29. The summed E-state index contributed by atoms with van der Waals surface area (Å²) in [5.74, 6) is -0.787. The standard InChI is InChI=1S/C35H41N3O5/c1-5-42-34(40)30(23-26-16-10-7-11-17-26)37-29(22-25(3)4)33(39)38(36-32(37)28-20-14-9-15-21-28)31(35(41)43-6-2)24-27-18-12-8-13-19-27/h7-21,25,29-31H,5-6,22-24H2,1-4H3/t29-,30?,31?/m0/s1. The van der Waals surface area contributed by atoms with Crippen LogP contribution in [0.25, 0.3) is 0 Å². The summed E-state index contributed by atoms with van der Waals surface area (Å²) in [4.78, 5) is 43.5. The molecule has 4 rings (SSSR count). The first kappa shape index (κ1) is 31.5. The van der Waals surface area contributed by atoms with Crippen LogP contribution in [0.2, 0.25) is 0 Å². The molecule has 0 aromatic heterocycles. The van der Waals surface area contributed by atoms with Gasteiger partial charge in [-0.3, -0.25) is 4.79 Å². The van der Waals surface area contributed by atoms with Crippen molar-refractivity contribution in [3.8, 4) is 0 Å². The zero-order valence-electron chi connectivity index (χ0n) is 25.4. The number of carbonyl (C=O) groups excluding carboxylic acids is 3. The maximum atomic E-state index is 14.5. The highest BCUT2D eigenvalue weighted by molar-refractivity contribution is 6.06. The van der Waals surface area contributed by atoms with Gasteiger partial charge >= 0.3 is 11.9 Å². The summed E-state index contributed by atoms with van der Waals surface area (Å²) in [5, 5.41) is 6.19. The first-order chi connectivity index (χ1) is 20.8. The number of carbonyl (C=O) groups is 3. The summed E-state index contributed by atoms with van der Waals surface area (Å²) in [7, 11) is 0. The van der Waals surface area contributed by atoms with Crippen LogP contribution in [-0.2, 0) is 36.7 Å². The summed E-state index contributed by atoms with van der Waals surface area (Å²) < 4.78 is 11.1. The predicted octanol–water partition coefficient (Wildman–Crippen LogP) is 5.26. The summed E-state index contributed by atoms with van der Waals surface area (Å²) >= 11 is 0. The molecule has 0 bridgehead atoms. The van der Waals surface area contributed by atoms with Crippen LogP contribution < -0.4 is 0 Å². The molecule has 0 fully saturated rings. The van der Waals surface area contributed by atoms with Gasteiger partial charge < -0.3 is 14.4 Å². The molecule has 0 radical (unpaired) electrons. The molecular weight excluding hydrogens is 542 g/mol. The minimum absolute atomic E-state index is 0.100. The highest BCUT2D eigenvalue weighted by atomic mass is 16.5. The van der Waals surface area contributed by atoms with Crippen molar-refractivity contribution in [3.63, 3.8) is 0 Å². The SMILES string of the molecule is CCOC(=O)C(Cc1ccccc1)N1N=C(c2ccccc2)N(C(Cc2ccccc2)C(=O)OCC)[C@@H](CC(C)C)C1=O. The van der Waals surface area contributed by atoms with Gasteiger partial charge in [-0.2, -0.15) is 5.10 Å². The minimum atomic E-state index is -0.986. The number of amidine groups is 1. The van der Waals surface area contributed by atoms with Crippen molar-refractivity contribution in [3.05, 3.63) is 108 Å². The van der Waals surface area contributed by atoms with E-state index in [1.807, 2.05) is 110 Å². The Labute approximate surface area is 254 Å². The zero-order valence-corrected chi connectivity index (χ0v) is 25.4. The molecule has 1 amide bonds. The first-order valence-electron chi connectivity index (χ1n) is 15.0. The van der Waals surface area contributed by atoms with Gasteiger partial charge in [0, 0.05) is 18.4 Å². The topological polar surface area (TPSA) is 88.5 Å². The van der Waals surface area contributed by atoms with E-state index in [2.05, 4.69) is 0 Å². The number of nitrogens with zero attached hydrogens (tertiary/aromatic N) is 3.